The van der Waals surface area contributed by atoms with Gasteiger partial charge in [-0.05, 0) is 24.6 Å². The number of aromatic nitrogens is 1. The molecule has 138 valence electrons. The maximum atomic E-state index is 12.2. The molecule has 0 bridgehead atoms. The second-order valence-electron chi connectivity index (χ2n) is 5.89. The van der Waals surface area contributed by atoms with E-state index in [1.165, 1.54) is 6.07 Å². The number of hydrogen-bond acceptors (Lipinski definition) is 5. The number of halogens is 1. The number of rotatable bonds is 7. The number of ketones is 1. The lowest BCUT2D eigenvalue weighted by atomic mass is 10.1. The molecule has 0 spiro atoms. The van der Waals surface area contributed by atoms with Crippen LogP contribution in [0.4, 0.5) is 0 Å². The smallest absolute Gasteiger partial charge is 0.273 e. The first-order valence-electron chi connectivity index (χ1n) is 8.36. The van der Waals surface area contributed by atoms with Crippen LogP contribution in [0.2, 0.25) is 0 Å². The molecule has 0 saturated heterocycles. The minimum Gasteiger partial charge on any atom is -0.507 e. The fraction of sp³-hybridized carbons (Fsp3) is 0.150. The second kappa shape index (κ2) is 8.64. The van der Waals surface area contributed by atoms with Crippen LogP contribution in [0.5, 0.6) is 5.75 Å². The molecule has 1 amide bonds. The molecule has 2 aromatic carbocycles. The van der Waals surface area contributed by atoms with Crippen molar-refractivity contribution in [1.29, 1.82) is 0 Å². The van der Waals surface area contributed by atoms with Crippen LogP contribution in [0.15, 0.2) is 63.6 Å². The molecule has 1 heterocycles. The van der Waals surface area contributed by atoms with E-state index >= 15 is 0 Å². The Hall–Kier alpha value is -2.93. The number of carbonyl (C=O) groups excluding carboxylic acids is 2. The molecule has 7 heteroatoms. The van der Waals surface area contributed by atoms with Crippen LogP contribution in [0.3, 0.4) is 0 Å². The van der Waals surface area contributed by atoms with Gasteiger partial charge in [0, 0.05) is 29.1 Å². The number of phenolic OH excluding ortho intramolecular Hbond substituents is 1. The maximum Gasteiger partial charge on any atom is 0.273 e. The largest absolute Gasteiger partial charge is 0.507 e. The first kappa shape index (κ1) is 18.8. The normalized spacial score (nSPS) is 10.6. The summed E-state index contributed by atoms with van der Waals surface area (Å²) in [5.41, 5.74) is 1.29. The first-order chi connectivity index (χ1) is 13.0. The van der Waals surface area contributed by atoms with Gasteiger partial charge in [-0.1, -0.05) is 51.4 Å². The third kappa shape index (κ3) is 4.83. The molecule has 0 aliphatic rings. The summed E-state index contributed by atoms with van der Waals surface area (Å²) in [7, 11) is 0. The summed E-state index contributed by atoms with van der Waals surface area (Å²) in [4.78, 5) is 24.3. The molecule has 6 nitrogen and oxygen atoms in total. The van der Waals surface area contributed by atoms with Crippen molar-refractivity contribution in [2.24, 2.45) is 0 Å². The summed E-state index contributed by atoms with van der Waals surface area (Å²) in [6.45, 7) is 0.312. The SMILES string of the molecule is O=C(NCCCC(=O)c1cc(Br)ccc1O)c1cc(-c2ccccc2)on1. The average molecular weight is 429 g/mol. The number of nitrogens with zero attached hydrogens (tertiary/aromatic N) is 1. The van der Waals surface area contributed by atoms with Crippen LogP contribution in [-0.4, -0.2) is 28.5 Å². The zero-order valence-electron chi connectivity index (χ0n) is 14.3. The Balaban J connectivity index is 1.49. The number of Topliss-reactive ketones (excluding diaryl/α,β-unsaturated/α-hetero) is 1. The molecule has 3 aromatic rings. The lowest BCUT2D eigenvalue weighted by Crippen LogP contribution is -2.25. The van der Waals surface area contributed by atoms with Crippen LogP contribution >= 0.6 is 15.9 Å². The highest BCUT2D eigenvalue weighted by Gasteiger charge is 2.14. The number of nitrogens with one attached hydrogen (secondary N) is 1. The maximum absolute atomic E-state index is 12.2. The minimum atomic E-state index is -0.362. The number of aromatic hydroxyl groups is 1. The fourth-order valence-electron chi connectivity index (χ4n) is 2.53. The molecule has 0 unspecified atom stereocenters. The van der Waals surface area contributed by atoms with E-state index in [2.05, 4.69) is 26.4 Å². The Morgan fingerprint density at radius 1 is 1.11 bits per heavy atom. The van der Waals surface area contributed by atoms with Gasteiger partial charge in [-0.2, -0.15) is 0 Å². The van der Waals surface area contributed by atoms with E-state index in [1.54, 1.807) is 18.2 Å². The van der Waals surface area contributed by atoms with Crippen molar-refractivity contribution < 1.29 is 19.2 Å². The third-order valence-electron chi connectivity index (χ3n) is 3.93. The lowest BCUT2D eigenvalue weighted by molar-refractivity contribution is 0.0930. The van der Waals surface area contributed by atoms with Crippen LogP contribution in [0.1, 0.15) is 33.7 Å². The van der Waals surface area contributed by atoms with Crippen LogP contribution in [0, 0.1) is 0 Å². The Labute approximate surface area is 164 Å². The van der Waals surface area contributed by atoms with Crippen LogP contribution < -0.4 is 5.32 Å². The number of amides is 1. The lowest BCUT2D eigenvalue weighted by Gasteiger charge is -2.05. The van der Waals surface area contributed by atoms with E-state index in [-0.39, 0.29) is 35.1 Å². The standard InChI is InChI=1S/C20H17BrN2O4/c21-14-8-9-18(25)15(11-14)17(24)7-4-10-22-20(26)16-12-19(27-23-16)13-5-2-1-3-6-13/h1-3,5-6,8-9,11-12,25H,4,7,10H2,(H,22,26). The molecule has 3 rings (SSSR count). The van der Waals surface area contributed by atoms with Gasteiger partial charge in [0.05, 0.1) is 5.56 Å². The van der Waals surface area contributed by atoms with E-state index in [9.17, 15) is 14.7 Å². The van der Waals surface area contributed by atoms with Gasteiger partial charge in [-0.15, -0.1) is 0 Å². The molecular formula is C20H17BrN2O4. The van der Waals surface area contributed by atoms with Crippen molar-refractivity contribution in [3.05, 3.63) is 70.3 Å². The third-order valence-corrected chi connectivity index (χ3v) is 4.42. The van der Waals surface area contributed by atoms with Crippen LogP contribution in [0.25, 0.3) is 11.3 Å². The Bertz CT molecular complexity index is 954. The van der Waals surface area contributed by atoms with Gasteiger partial charge in [-0.25, -0.2) is 0 Å². The molecule has 0 aliphatic carbocycles. The number of phenols is 1. The van der Waals surface area contributed by atoms with Crippen molar-refractivity contribution in [2.45, 2.75) is 12.8 Å². The molecule has 2 N–H and O–H groups in total. The van der Waals surface area contributed by atoms with E-state index in [4.69, 9.17) is 4.52 Å². The van der Waals surface area contributed by atoms with E-state index in [0.29, 0.717) is 18.7 Å². The molecule has 1 aromatic heterocycles. The number of benzene rings is 2. The van der Waals surface area contributed by atoms with E-state index < -0.39 is 0 Å². The average Bonchev–Trinajstić information content (AvgIpc) is 3.18. The number of hydrogen-bond donors (Lipinski definition) is 2. The fourth-order valence-corrected chi connectivity index (χ4v) is 2.89. The zero-order chi connectivity index (χ0) is 19.2. The highest BCUT2D eigenvalue weighted by atomic mass is 79.9. The van der Waals surface area contributed by atoms with Gasteiger partial charge >= 0.3 is 0 Å². The van der Waals surface area contributed by atoms with Gasteiger partial charge in [0.15, 0.2) is 17.2 Å². The summed E-state index contributed by atoms with van der Waals surface area (Å²) in [5.74, 6) is -0.0844. The first-order valence-corrected chi connectivity index (χ1v) is 9.16. The molecule has 27 heavy (non-hydrogen) atoms. The van der Waals surface area contributed by atoms with Gasteiger partial charge in [-0.3, -0.25) is 9.59 Å². The predicted molar refractivity (Wildman–Crippen MR) is 104 cm³/mol. The van der Waals surface area contributed by atoms with E-state index in [1.807, 2.05) is 30.3 Å². The summed E-state index contributed by atoms with van der Waals surface area (Å²) >= 11 is 3.27. The van der Waals surface area contributed by atoms with Gasteiger partial charge in [0.1, 0.15) is 5.75 Å². The van der Waals surface area contributed by atoms with E-state index in [0.717, 1.165) is 10.0 Å². The van der Waals surface area contributed by atoms with Crippen molar-refractivity contribution in [2.75, 3.05) is 6.54 Å². The molecule has 0 aliphatic heterocycles. The summed E-state index contributed by atoms with van der Waals surface area (Å²) < 4.78 is 5.92. The highest BCUT2D eigenvalue weighted by Crippen LogP contribution is 2.23. The van der Waals surface area contributed by atoms with Crippen LogP contribution in [-0.2, 0) is 0 Å². The molecule has 0 radical (unpaired) electrons. The van der Waals surface area contributed by atoms with Crippen molar-refractivity contribution >= 4 is 27.6 Å². The van der Waals surface area contributed by atoms with Crippen molar-refractivity contribution in [1.82, 2.24) is 10.5 Å². The molecule has 0 saturated carbocycles. The quantitative estimate of drug-likeness (QED) is 0.434. The Morgan fingerprint density at radius 3 is 2.67 bits per heavy atom. The highest BCUT2D eigenvalue weighted by molar-refractivity contribution is 9.10. The molecular weight excluding hydrogens is 412 g/mol. The summed E-state index contributed by atoms with van der Waals surface area (Å²) in [5, 5.41) is 16.3. The Kier molecular flexibility index (Phi) is 6.03. The van der Waals surface area contributed by atoms with Gasteiger partial charge in [0.25, 0.3) is 5.91 Å². The minimum absolute atomic E-state index is 0.0525. The summed E-state index contributed by atoms with van der Waals surface area (Å²) in [6.07, 6.45) is 0.651. The van der Waals surface area contributed by atoms with Crippen molar-refractivity contribution in [3.63, 3.8) is 0 Å². The monoisotopic (exact) mass is 428 g/mol. The van der Waals surface area contributed by atoms with Gasteiger partial charge in [0.2, 0.25) is 0 Å². The second-order valence-corrected chi connectivity index (χ2v) is 6.80. The molecule has 0 atom stereocenters. The Morgan fingerprint density at radius 2 is 1.89 bits per heavy atom. The predicted octanol–water partition coefficient (Wildman–Crippen LogP) is 4.20. The van der Waals surface area contributed by atoms with Gasteiger partial charge < -0.3 is 14.9 Å². The number of carbonyl (C=O) groups is 2. The zero-order valence-corrected chi connectivity index (χ0v) is 15.9. The molecule has 0 fully saturated rings. The summed E-state index contributed by atoms with van der Waals surface area (Å²) in [6, 6.07) is 15.7. The van der Waals surface area contributed by atoms with Crippen molar-refractivity contribution in [3.8, 4) is 17.1 Å². The topological polar surface area (TPSA) is 92.4 Å².